The van der Waals surface area contributed by atoms with Crippen LogP contribution in [-0.2, 0) is 11.3 Å². The van der Waals surface area contributed by atoms with Crippen molar-refractivity contribution in [3.63, 3.8) is 0 Å². The molecule has 0 aliphatic heterocycles. The van der Waals surface area contributed by atoms with Crippen molar-refractivity contribution >= 4 is 33.0 Å². The van der Waals surface area contributed by atoms with Crippen molar-refractivity contribution in [1.29, 1.82) is 0 Å². The van der Waals surface area contributed by atoms with Crippen molar-refractivity contribution in [2.24, 2.45) is 0 Å². The van der Waals surface area contributed by atoms with E-state index in [0.717, 1.165) is 14.2 Å². The number of thiophene rings is 1. The van der Waals surface area contributed by atoms with Crippen LogP contribution >= 0.6 is 27.3 Å². The first-order chi connectivity index (χ1) is 8.63. The fourth-order valence-corrected chi connectivity index (χ4v) is 2.89. The van der Waals surface area contributed by atoms with Gasteiger partial charge in [-0.05, 0) is 35.0 Å². The van der Waals surface area contributed by atoms with Crippen LogP contribution in [0.15, 0.2) is 22.8 Å². The molecular weight excluding hydrogens is 316 g/mol. The first-order valence-electron chi connectivity index (χ1n) is 5.45. The Labute approximate surface area is 118 Å². The molecule has 0 saturated heterocycles. The van der Waals surface area contributed by atoms with Crippen LogP contribution in [0.1, 0.15) is 20.2 Å². The van der Waals surface area contributed by atoms with Gasteiger partial charge in [0, 0.05) is 12.0 Å². The SMILES string of the molecule is COCCn1ncc(Br)c1C(=O)c1ccc(C)s1. The van der Waals surface area contributed by atoms with Crippen molar-refractivity contribution < 1.29 is 9.53 Å². The minimum absolute atomic E-state index is 0.00595. The zero-order valence-electron chi connectivity index (χ0n) is 10.1. The van der Waals surface area contributed by atoms with E-state index in [1.165, 1.54) is 11.3 Å². The van der Waals surface area contributed by atoms with Crippen molar-refractivity contribution in [2.75, 3.05) is 13.7 Å². The van der Waals surface area contributed by atoms with E-state index in [1.54, 1.807) is 18.0 Å². The predicted octanol–water partition coefficient (Wildman–Crippen LogP) is 2.89. The highest BCUT2D eigenvalue weighted by atomic mass is 79.9. The first-order valence-corrected chi connectivity index (χ1v) is 7.06. The van der Waals surface area contributed by atoms with Gasteiger partial charge in [-0.15, -0.1) is 11.3 Å². The molecule has 0 saturated carbocycles. The fourth-order valence-electron chi connectivity index (χ4n) is 1.61. The van der Waals surface area contributed by atoms with Gasteiger partial charge in [0.15, 0.2) is 0 Å². The van der Waals surface area contributed by atoms with Gasteiger partial charge in [0.25, 0.3) is 0 Å². The molecule has 4 nitrogen and oxygen atoms in total. The monoisotopic (exact) mass is 328 g/mol. The number of hydrogen-bond acceptors (Lipinski definition) is 4. The highest BCUT2D eigenvalue weighted by Crippen LogP contribution is 2.24. The summed E-state index contributed by atoms with van der Waals surface area (Å²) in [7, 11) is 1.63. The molecule has 2 rings (SSSR count). The summed E-state index contributed by atoms with van der Waals surface area (Å²) in [4.78, 5) is 14.3. The largest absolute Gasteiger partial charge is 0.383 e. The number of aromatic nitrogens is 2. The molecule has 0 aromatic carbocycles. The van der Waals surface area contributed by atoms with Crippen LogP contribution in [0.2, 0.25) is 0 Å². The maximum Gasteiger partial charge on any atom is 0.222 e. The fraction of sp³-hybridized carbons (Fsp3) is 0.333. The summed E-state index contributed by atoms with van der Waals surface area (Å²) < 4.78 is 7.40. The Kier molecular flexibility index (Phi) is 4.31. The van der Waals surface area contributed by atoms with Crippen LogP contribution in [0, 0.1) is 6.92 Å². The number of methoxy groups -OCH3 is 1. The second-order valence-corrected chi connectivity index (χ2v) is 5.94. The van der Waals surface area contributed by atoms with Gasteiger partial charge < -0.3 is 4.74 Å². The van der Waals surface area contributed by atoms with Gasteiger partial charge in [-0.3, -0.25) is 9.48 Å². The van der Waals surface area contributed by atoms with Crippen LogP contribution in [0.25, 0.3) is 0 Å². The van der Waals surface area contributed by atoms with Gasteiger partial charge in [0.05, 0.1) is 28.7 Å². The average Bonchev–Trinajstić information content (AvgIpc) is 2.92. The van der Waals surface area contributed by atoms with E-state index in [9.17, 15) is 4.79 Å². The lowest BCUT2D eigenvalue weighted by Gasteiger charge is -2.05. The van der Waals surface area contributed by atoms with E-state index in [0.29, 0.717) is 18.8 Å². The normalized spacial score (nSPS) is 10.8. The van der Waals surface area contributed by atoms with Crippen LogP contribution < -0.4 is 0 Å². The molecule has 0 atom stereocenters. The maximum atomic E-state index is 12.4. The lowest BCUT2D eigenvalue weighted by Crippen LogP contribution is -2.14. The van der Waals surface area contributed by atoms with E-state index in [-0.39, 0.29) is 5.78 Å². The summed E-state index contributed by atoms with van der Waals surface area (Å²) in [5.74, 6) is -0.00595. The predicted molar refractivity (Wildman–Crippen MR) is 74.3 cm³/mol. The summed E-state index contributed by atoms with van der Waals surface area (Å²) in [6, 6.07) is 3.80. The topological polar surface area (TPSA) is 44.1 Å². The molecule has 2 heterocycles. The third-order valence-electron chi connectivity index (χ3n) is 2.48. The highest BCUT2D eigenvalue weighted by molar-refractivity contribution is 9.10. The Morgan fingerprint density at radius 3 is 2.94 bits per heavy atom. The zero-order valence-corrected chi connectivity index (χ0v) is 12.5. The Morgan fingerprint density at radius 2 is 2.33 bits per heavy atom. The summed E-state index contributed by atoms with van der Waals surface area (Å²) >= 11 is 4.87. The quantitative estimate of drug-likeness (QED) is 0.793. The van der Waals surface area contributed by atoms with Crippen LogP contribution in [0.5, 0.6) is 0 Å². The Bertz CT molecular complexity index is 562. The summed E-state index contributed by atoms with van der Waals surface area (Å²) in [6.45, 7) is 3.07. The van der Waals surface area contributed by atoms with Crippen LogP contribution in [0.4, 0.5) is 0 Å². The number of rotatable bonds is 5. The van der Waals surface area contributed by atoms with Crippen molar-refractivity contribution in [3.05, 3.63) is 38.3 Å². The maximum absolute atomic E-state index is 12.4. The second kappa shape index (κ2) is 5.77. The van der Waals surface area contributed by atoms with Crippen molar-refractivity contribution in [2.45, 2.75) is 13.5 Å². The molecule has 0 amide bonds. The smallest absolute Gasteiger partial charge is 0.222 e. The molecule has 0 unspecified atom stereocenters. The third-order valence-corrected chi connectivity index (χ3v) is 4.06. The number of ether oxygens (including phenoxy) is 1. The average molecular weight is 329 g/mol. The zero-order chi connectivity index (χ0) is 13.1. The molecule has 0 bridgehead atoms. The van der Waals surface area contributed by atoms with Gasteiger partial charge in [-0.25, -0.2) is 0 Å². The minimum Gasteiger partial charge on any atom is -0.383 e. The number of nitrogens with zero attached hydrogens (tertiary/aromatic N) is 2. The van der Waals surface area contributed by atoms with Crippen molar-refractivity contribution in [1.82, 2.24) is 9.78 Å². The molecule has 6 heteroatoms. The van der Waals surface area contributed by atoms with Gasteiger partial charge in [0.1, 0.15) is 5.69 Å². The number of ketones is 1. The number of halogens is 1. The lowest BCUT2D eigenvalue weighted by atomic mass is 10.2. The first kappa shape index (κ1) is 13.5. The van der Waals surface area contributed by atoms with Gasteiger partial charge in [-0.2, -0.15) is 5.10 Å². The molecular formula is C12H13BrN2O2S. The molecule has 0 fully saturated rings. The van der Waals surface area contributed by atoms with E-state index in [1.807, 2.05) is 19.1 Å². The minimum atomic E-state index is -0.00595. The van der Waals surface area contributed by atoms with Crippen LogP contribution in [-0.4, -0.2) is 29.3 Å². The number of carbonyl (C=O) groups excluding carboxylic acids is 1. The molecule has 0 N–H and O–H groups in total. The van der Waals surface area contributed by atoms with E-state index in [2.05, 4.69) is 21.0 Å². The second-order valence-electron chi connectivity index (χ2n) is 3.80. The lowest BCUT2D eigenvalue weighted by molar-refractivity contribution is 0.102. The number of carbonyl (C=O) groups is 1. The molecule has 2 aromatic heterocycles. The highest BCUT2D eigenvalue weighted by Gasteiger charge is 2.19. The Hall–Kier alpha value is -0.980. The molecule has 0 spiro atoms. The van der Waals surface area contributed by atoms with Crippen molar-refractivity contribution in [3.8, 4) is 0 Å². The van der Waals surface area contributed by atoms with E-state index in [4.69, 9.17) is 4.74 Å². The Balaban J connectivity index is 2.32. The molecule has 0 aliphatic rings. The number of hydrogen-bond donors (Lipinski definition) is 0. The molecule has 2 aromatic rings. The van der Waals surface area contributed by atoms with E-state index < -0.39 is 0 Å². The van der Waals surface area contributed by atoms with E-state index >= 15 is 0 Å². The molecule has 96 valence electrons. The standard InChI is InChI=1S/C12H13BrN2O2S/c1-8-3-4-10(18-8)12(16)11-9(13)7-14-15(11)5-6-17-2/h3-4,7H,5-6H2,1-2H3. The van der Waals surface area contributed by atoms with Gasteiger partial charge in [-0.1, -0.05) is 0 Å². The molecule has 0 radical (unpaired) electrons. The van der Waals surface area contributed by atoms with Crippen LogP contribution in [0.3, 0.4) is 0 Å². The summed E-state index contributed by atoms with van der Waals surface area (Å²) in [6.07, 6.45) is 1.64. The summed E-state index contributed by atoms with van der Waals surface area (Å²) in [5.41, 5.74) is 0.578. The Morgan fingerprint density at radius 1 is 1.56 bits per heavy atom. The number of aryl methyl sites for hydroxylation is 1. The third kappa shape index (κ3) is 2.71. The van der Waals surface area contributed by atoms with Gasteiger partial charge >= 0.3 is 0 Å². The summed E-state index contributed by atoms with van der Waals surface area (Å²) in [5, 5.41) is 4.18. The molecule has 18 heavy (non-hydrogen) atoms. The van der Waals surface area contributed by atoms with Gasteiger partial charge in [0.2, 0.25) is 5.78 Å². The molecule has 0 aliphatic carbocycles.